The van der Waals surface area contributed by atoms with E-state index >= 15 is 0 Å². The molecule has 4 rings (SSSR count). The van der Waals surface area contributed by atoms with Gasteiger partial charge in [-0.3, -0.25) is 19.4 Å². The number of nitrogens with two attached hydrogens (primary N) is 1. The summed E-state index contributed by atoms with van der Waals surface area (Å²) >= 11 is 3.05. The molecular formula is C20H23N5O2S2. The van der Waals surface area contributed by atoms with Gasteiger partial charge in [-0.1, -0.05) is 12.1 Å². The molecule has 1 aliphatic heterocycles. The molecule has 1 fully saturated rings. The Morgan fingerprint density at radius 1 is 1.21 bits per heavy atom. The second-order valence-corrected chi connectivity index (χ2v) is 9.11. The topological polar surface area (TPSA) is 91.6 Å². The largest absolute Gasteiger partial charge is 0.366 e. The highest BCUT2D eigenvalue weighted by atomic mass is 32.1. The smallest absolute Gasteiger partial charge is 0.251 e. The highest BCUT2D eigenvalue weighted by Crippen LogP contribution is 2.24. The molecule has 0 saturated carbocycles. The molecule has 152 valence electrons. The van der Waals surface area contributed by atoms with Crippen molar-refractivity contribution in [3.8, 4) is 0 Å². The Balaban J connectivity index is 1.30. The minimum atomic E-state index is -0.530. The summed E-state index contributed by atoms with van der Waals surface area (Å²) in [6.45, 7) is 6.14. The molecule has 7 nitrogen and oxygen atoms in total. The van der Waals surface area contributed by atoms with Gasteiger partial charge in [0.1, 0.15) is 10.0 Å². The molecule has 29 heavy (non-hydrogen) atoms. The monoisotopic (exact) mass is 429 g/mol. The Hall–Kier alpha value is -2.33. The molecule has 1 aliphatic rings. The summed E-state index contributed by atoms with van der Waals surface area (Å²) in [7, 11) is 0. The lowest BCUT2D eigenvalue weighted by atomic mass is 10.2. The fourth-order valence-corrected chi connectivity index (χ4v) is 5.28. The predicted octanol–water partition coefficient (Wildman–Crippen LogP) is 2.60. The van der Waals surface area contributed by atoms with Crippen molar-refractivity contribution in [1.82, 2.24) is 14.8 Å². The third-order valence-electron chi connectivity index (χ3n) is 5.20. The Kier molecular flexibility index (Phi) is 5.91. The van der Waals surface area contributed by atoms with Crippen LogP contribution in [0.15, 0.2) is 35.7 Å². The highest BCUT2D eigenvalue weighted by molar-refractivity contribution is 7.18. The van der Waals surface area contributed by atoms with Crippen molar-refractivity contribution in [2.24, 2.45) is 5.73 Å². The van der Waals surface area contributed by atoms with Crippen LogP contribution in [0.2, 0.25) is 0 Å². The first-order valence-corrected chi connectivity index (χ1v) is 11.2. The number of primary amides is 1. The van der Waals surface area contributed by atoms with Crippen LogP contribution in [-0.4, -0.2) is 58.8 Å². The zero-order chi connectivity index (χ0) is 20.4. The normalized spacial score (nSPS) is 16.7. The summed E-state index contributed by atoms with van der Waals surface area (Å²) in [5, 5.41) is 6.25. The van der Waals surface area contributed by atoms with Crippen LogP contribution in [0, 0.1) is 0 Å². The highest BCUT2D eigenvalue weighted by Gasteiger charge is 2.27. The zero-order valence-electron chi connectivity index (χ0n) is 16.1. The first kappa shape index (κ1) is 20.0. The quantitative estimate of drug-likeness (QED) is 0.628. The number of hydrogen-bond acceptors (Lipinski definition) is 7. The van der Waals surface area contributed by atoms with Crippen molar-refractivity contribution in [3.63, 3.8) is 0 Å². The van der Waals surface area contributed by atoms with Gasteiger partial charge in [0.05, 0.1) is 28.4 Å². The van der Waals surface area contributed by atoms with E-state index in [1.54, 1.807) is 22.8 Å². The number of carbonyl (C=O) groups is 2. The summed E-state index contributed by atoms with van der Waals surface area (Å²) in [4.78, 5) is 33.3. The third-order valence-corrected chi connectivity index (χ3v) is 7.05. The lowest BCUT2D eigenvalue weighted by Crippen LogP contribution is -2.52. The molecule has 1 atom stereocenters. The number of rotatable bonds is 6. The van der Waals surface area contributed by atoms with Crippen LogP contribution in [0.5, 0.6) is 0 Å². The van der Waals surface area contributed by atoms with Crippen LogP contribution in [-0.2, 0) is 11.3 Å². The number of nitrogens with one attached hydrogen (secondary N) is 1. The Labute approximate surface area is 177 Å². The van der Waals surface area contributed by atoms with E-state index in [2.05, 4.69) is 21.2 Å². The molecule has 3 heterocycles. The number of para-hydroxylation sites is 1. The summed E-state index contributed by atoms with van der Waals surface area (Å²) in [6, 6.07) is 9.56. The third kappa shape index (κ3) is 4.48. The van der Waals surface area contributed by atoms with Gasteiger partial charge in [0, 0.05) is 26.2 Å². The van der Waals surface area contributed by atoms with Gasteiger partial charge in [0.2, 0.25) is 5.91 Å². The van der Waals surface area contributed by atoms with Crippen molar-refractivity contribution in [3.05, 3.63) is 46.3 Å². The number of nitrogens with zero attached hydrogens (tertiary/aromatic N) is 3. The first-order valence-electron chi connectivity index (χ1n) is 9.50. The van der Waals surface area contributed by atoms with Crippen LogP contribution in [0.4, 0.5) is 5.00 Å². The van der Waals surface area contributed by atoms with Gasteiger partial charge >= 0.3 is 0 Å². The molecule has 9 heteroatoms. The maximum Gasteiger partial charge on any atom is 0.251 e. The second kappa shape index (κ2) is 8.58. The van der Waals surface area contributed by atoms with Gasteiger partial charge in [0.15, 0.2) is 0 Å². The predicted molar refractivity (Wildman–Crippen MR) is 117 cm³/mol. The summed E-state index contributed by atoms with van der Waals surface area (Å²) in [5.74, 6) is -0.646. The zero-order valence-corrected chi connectivity index (χ0v) is 17.8. The molecular weight excluding hydrogens is 406 g/mol. The summed E-state index contributed by atoms with van der Waals surface area (Å²) in [6.07, 6.45) is 0. The molecule has 2 aromatic heterocycles. The molecule has 0 bridgehead atoms. The van der Waals surface area contributed by atoms with Gasteiger partial charge in [-0.05, 0) is 30.5 Å². The average molecular weight is 430 g/mol. The first-order chi connectivity index (χ1) is 14.0. The van der Waals surface area contributed by atoms with Gasteiger partial charge in [-0.25, -0.2) is 4.98 Å². The maximum atomic E-state index is 12.6. The lowest BCUT2D eigenvalue weighted by molar-refractivity contribution is -0.121. The molecule has 2 amide bonds. The number of benzene rings is 1. The van der Waals surface area contributed by atoms with E-state index in [9.17, 15) is 9.59 Å². The number of carbonyl (C=O) groups excluding carboxylic acids is 2. The number of thiazole rings is 1. The number of thiophene rings is 1. The fraction of sp³-hybridized carbons (Fsp3) is 0.350. The standard InChI is InChI=1S/C20H23N5O2S2/c1-13(19(27)23-20-14(18(21)26)6-11-28-20)25-9-7-24(8-10-25)12-17-22-15-4-2-3-5-16(15)29-17/h2-6,11,13H,7-10,12H2,1H3,(H2,21,26)(H,23,27)/t13-/m0/s1. The van der Waals surface area contributed by atoms with Crippen molar-refractivity contribution in [2.75, 3.05) is 31.5 Å². The average Bonchev–Trinajstić information content (AvgIpc) is 3.34. The molecule has 1 saturated heterocycles. The number of fused-ring (bicyclic) bond motifs is 1. The summed E-state index contributed by atoms with van der Waals surface area (Å²) < 4.78 is 1.22. The van der Waals surface area contributed by atoms with Crippen LogP contribution in [0.1, 0.15) is 22.3 Å². The van der Waals surface area contributed by atoms with Crippen molar-refractivity contribution in [1.29, 1.82) is 0 Å². The van der Waals surface area contributed by atoms with E-state index in [0.29, 0.717) is 10.6 Å². The van der Waals surface area contributed by atoms with Crippen molar-refractivity contribution < 1.29 is 9.59 Å². The molecule has 0 radical (unpaired) electrons. The van der Waals surface area contributed by atoms with E-state index < -0.39 is 5.91 Å². The van der Waals surface area contributed by atoms with Crippen LogP contribution < -0.4 is 11.1 Å². The van der Waals surface area contributed by atoms with E-state index in [4.69, 9.17) is 10.7 Å². The van der Waals surface area contributed by atoms with E-state index in [-0.39, 0.29) is 11.9 Å². The summed E-state index contributed by atoms with van der Waals surface area (Å²) in [5.41, 5.74) is 6.77. The maximum absolute atomic E-state index is 12.6. The van der Waals surface area contributed by atoms with Gasteiger partial charge in [-0.2, -0.15) is 0 Å². The molecule has 1 aromatic carbocycles. The molecule has 3 N–H and O–H groups in total. The number of amides is 2. The Morgan fingerprint density at radius 2 is 1.97 bits per heavy atom. The van der Waals surface area contributed by atoms with Crippen LogP contribution in [0.3, 0.4) is 0 Å². The van der Waals surface area contributed by atoms with E-state index in [0.717, 1.165) is 43.2 Å². The van der Waals surface area contributed by atoms with Crippen molar-refractivity contribution in [2.45, 2.75) is 19.5 Å². The Morgan fingerprint density at radius 3 is 2.69 bits per heavy atom. The minimum absolute atomic E-state index is 0.116. The number of piperazine rings is 1. The van der Waals surface area contributed by atoms with E-state index in [1.165, 1.54) is 16.0 Å². The number of anilines is 1. The van der Waals surface area contributed by atoms with Crippen LogP contribution in [0.25, 0.3) is 10.2 Å². The van der Waals surface area contributed by atoms with Gasteiger partial charge in [-0.15, -0.1) is 22.7 Å². The lowest BCUT2D eigenvalue weighted by Gasteiger charge is -2.37. The van der Waals surface area contributed by atoms with Gasteiger partial charge in [0.25, 0.3) is 5.91 Å². The molecule has 3 aromatic rings. The fourth-order valence-electron chi connectivity index (χ4n) is 3.47. The molecule has 0 spiro atoms. The SMILES string of the molecule is C[C@@H](C(=O)Nc1sccc1C(N)=O)N1CCN(Cc2nc3ccccc3s2)CC1. The second-order valence-electron chi connectivity index (χ2n) is 7.08. The minimum Gasteiger partial charge on any atom is -0.366 e. The van der Waals surface area contributed by atoms with Crippen molar-refractivity contribution >= 4 is 49.7 Å². The Bertz CT molecular complexity index is 990. The van der Waals surface area contributed by atoms with Gasteiger partial charge < -0.3 is 11.1 Å². The number of hydrogen-bond donors (Lipinski definition) is 2. The number of aromatic nitrogens is 1. The van der Waals surface area contributed by atoms with E-state index in [1.807, 2.05) is 25.1 Å². The molecule has 0 unspecified atom stereocenters. The van der Waals surface area contributed by atoms with Crippen LogP contribution >= 0.6 is 22.7 Å². The molecule has 0 aliphatic carbocycles.